The summed E-state index contributed by atoms with van der Waals surface area (Å²) < 4.78 is 0. The second kappa shape index (κ2) is 7.65. The Kier molecular flexibility index (Phi) is 6.50. The lowest BCUT2D eigenvalue weighted by atomic mass is 9.92. The standard InChI is InChI=1S/C16H30N2O2/c1-6-11(4)15-16(20)18(10-9-14(19)17-15)12(5)13(7-2)8-3/h11-13,15H,6-10H2,1-5H3,(H,17,19). The fourth-order valence-electron chi connectivity index (χ4n) is 3.07. The average molecular weight is 282 g/mol. The van der Waals surface area contributed by atoms with E-state index in [4.69, 9.17) is 0 Å². The summed E-state index contributed by atoms with van der Waals surface area (Å²) in [7, 11) is 0. The van der Waals surface area contributed by atoms with Crippen LogP contribution in [0, 0.1) is 11.8 Å². The highest BCUT2D eigenvalue weighted by Crippen LogP contribution is 2.23. The molecule has 4 nitrogen and oxygen atoms in total. The lowest BCUT2D eigenvalue weighted by Gasteiger charge is -2.35. The molecule has 0 aromatic rings. The van der Waals surface area contributed by atoms with Gasteiger partial charge in [0.05, 0.1) is 0 Å². The molecule has 0 aliphatic carbocycles. The monoisotopic (exact) mass is 282 g/mol. The Hall–Kier alpha value is -1.06. The van der Waals surface area contributed by atoms with Crippen molar-refractivity contribution in [1.82, 2.24) is 10.2 Å². The van der Waals surface area contributed by atoms with Gasteiger partial charge in [0.2, 0.25) is 11.8 Å². The molecule has 0 spiro atoms. The molecule has 0 saturated carbocycles. The molecule has 1 saturated heterocycles. The van der Waals surface area contributed by atoms with Crippen molar-refractivity contribution >= 4 is 11.8 Å². The molecule has 3 unspecified atom stereocenters. The maximum atomic E-state index is 12.8. The molecule has 1 aliphatic heterocycles. The molecule has 1 fully saturated rings. The van der Waals surface area contributed by atoms with Crippen molar-refractivity contribution < 1.29 is 9.59 Å². The highest BCUT2D eigenvalue weighted by atomic mass is 16.2. The van der Waals surface area contributed by atoms with E-state index in [1.165, 1.54) is 0 Å². The van der Waals surface area contributed by atoms with Crippen LogP contribution in [0.1, 0.15) is 60.3 Å². The zero-order valence-electron chi connectivity index (χ0n) is 13.6. The summed E-state index contributed by atoms with van der Waals surface area (Å²) in [5.74, 6) is 0.790. The van der Waals surface area contributed by atoms with Crippen molar-refractivity contribution in [2.75, 3.05) is 6.54 Å². The van der Waals surface area contributed by atoms with Crippen LogP contribution in [0.5, 0.6) is 0 Å². The largest absolute Gasteiger partial charge is 0.344 e. The average Bonchev–Trinajstić information content (AvgIpc) is 2.59. The molecule has 0 aromatic carbocycles. The van der Waals surface area contributed by atoms with Crippen molar-refractivity contribution in [3.63, 3.8) is 0 Å². The van der Waals surface area contributed by atoms with Gasteiger partial charge in [-0.3, -0.25) is 9.59 Å². The zero-order chi connectivity index (χ0) is 15.3. The quantitative estimate of drug-likeness (QED) is 0.814. The van der Waals surface area contributed by atoms with E-state index in [-0.39, 0.29) is 29.8 Å². The Morgan fingerprint density at radius 2 is 1.75 bits per heavy atom. The van der Waals surface area contributed by atoms with E-state index in [0.29, 0.717) is 18.9 Å². The van der Waals surface area contributed by atoms with E-state index in [1.54, 1.807) is 0 Å². The third-order valence-corrected chi connectivity index (χ3v) is 4.88. The molecular formula is C16H30N2O2. The van der Waals surface area contributed by atoms with E-state index in [0.717, 1.165) is 19.3 Å². The number of hydrogen-bond acceptors (Lipinski definition) is 2. The number of amides is 2. The highest BCUT2D eigenvalue weighted by Gasteiger charge is 2.36. The van der Waals surface area contributed by atoms with Gasteiger partial charge in [-0.2, -0.15) is 0 Å². The molecule has 3 atom stereocenters. The van der Waals surface area contributed by atoms with Gasteiger partial charge in [-0.15, -0.1) is 0 Å². The first-order valence-electron chi connectivity index (χ1n) is 8.05. The Morgan fingerprint density at radius 1 is 1.15 bits per heavy atom. The SMILES string of the molecule is CCC(C)C1NC(=O)CCN(C(C)C(CC)CC)C1=O. The van der Waals surface area contributed by atoms with Gasteiger partial charge in [-0.05, 0) is 18.8 Å². The van der Waals surface area contributed by atoms with E-state index in [9.17, 15) is 9.59 Å². The smallest absolute Gasteiger partial charge is 0.245 e. The molecule has 1 rings (SSSR count). The number of nitrogens with zero attached hydrogens (tertiary/aromatic N) is 1. The second-order valence-corrected chi connectivity index (χ2v) is 6.03. The topological polar surface area (TPSA) is 49.4 Å². The van der Waals surface area contributed by atoms with Gasteiger partial charge in [0.25, 0.3) is 0 Å². The Bertz CT molecular complexity index is 339. The Morgan fingerprint density at radius 3 is 2.25 bits per heavy atom. The van der Waals surface area contributed by atoms with Gasteiger partial charge in [0.1, 0.15) is 6.04 Å². The van der Waals surface area contributed by atoms with Gasteiger partial charge in [0, 0.05) is 19.0 Å². The van der Waals surface area contributed by atoms with Gasteiger partial charge in [0.15, 0.2) is 0 Å². The van der Waals surface area contributed by atoms with Gasteiger partial charge in [-0.25, -0.2) is 0 Å². The summed E-state index contributed by atoms with van der Waals surface area (Å²) >= 11 is 0. The highest BCUT2D eigenvalue weighted by molar-refractivity contribution is 5.90. The Balaban J connectivity index is 2.94. The van der Waals surface area contributed by atoms with Crippen molar-refractivity contribution in [3.05, 3.63) is 0 Å². The minimum atomic E-state index is -0.355. The summed E-state index contributed by atoms with van der Waals surface area (Å²) in [6, 6.07) is -0.149. The van der Waals surface area contributed by atoms with Crippen LogP contribution < -0.4 is 5.32 Å². The van der Waals surface area contributed by atoms with E-state index >= 15 is 0 Å². The summed E-state index contributed by atoms with van der Waals surface area (Å²) in [6.07, 6.45) is 3.45. The molecular weight excluding hydrogens is 252 g/mol. The van der Waals surface area contributed by atoms with Crippen molar-refractivity contribution in [2.24, 2.45) is 11.8 Å². The van der Waals surface area contributed by atoms with E-state index in [1.807, 2.05) is 11.8 Å². The lowest BCUT2D eigenvalue weighted by molar-refractivity contribution is -0.137. The van der Waals surface area contributed by atoms with Crippen LogP contribution in [0.15, 0.2) is 0 Å². The van der Waals surface area contributed by atoms with Gasteiger partial charge >= 0.3 is 0 Å². The molecule has 0 radical (unpaired) electrons. The number of nitrogens with one attached hydrogen (secondary N) is 1. The third-order valence-electron chi connectivity index (χ3n) is 4.88. The fraction of sp³-hybridized carbons (Fsp3) is 0.875. The zero-order valence-corrected chi connectivity index (χ0v) is 13.6. The Labute approximate surface area is 123 Å². The van der Waals surface area contributed by atoms with Gasteiger partial charge in [-0.1, -0.05) is 47.0 Å². The van der Waals surface area contributed by atoms with Crippen LogP contribution in [0.2, 0.25) is 0 Å². The molecule has 1 N–H and O–H groups in total. The minimum absolute atomic E-state index is 0.00268. The summed E-state index contributed by atoms with van der Waals surface area (Å²) in [5, 5.41) is 2.91. The molecule has 0 aromatic heterocycles. The molecule has 1 aliphatic rings. The molecule has 20 heavy (non-hydrogen) atoms. The molecule has 0 bridgehead atoms. The molecule has 2 amide bonds. The number of hydrogen-bond donors (Lipinski definition) is 1. The maximum absolute atomic E-state index is 12.8. The summed E-state index contributed by atoms with van der Waals surface area (Å²) in [5.41, 5.74) is 0. The predicted octanol–water partition coefficient (Wildman–Crippen LogP) is 2.57. The van der Waals surface area contributed by atoms with E-state index < -0.39 is 0 Å². The summed E-state index contributed by atoms with van der Waals surface area (Å²) in [4.78, 5) is 26.6. The first kappa shape index (κ1) is 17.0. The van der Waals surface area contributed by atoms with Crippen LogP contribution in [0.25, 0.3) is 0 Å². The first-order valence-corrected chi connectivity index (χ1v) is 8.05. The maximum Gasteiger partial charge on any atom is 0.245 e. The van der Waals surface area contributed by atoms with Crippen LogP contribution in [0.4, 0.5) is 0 Å². The van der Waals surface area contributed by atoms with Crippen molar-refractivity contribution in [1.29, 1.82) is 0 Å². The van der Waals surface area contributed by atoms with Crippen molar-refractivity contribution in [3.8, 4) is 0 Å². The summed E-state index contributed by atoms with van der Waals surface area (Å²) in [6.45, 7) is 11.1. The number of rotatable bonds is 6. The second-order valence-electron chi connectivity index (χ2n) is 6.03. The van der Waals surface area contributed by atoms with Crippen LogP contribution in [0.3, 0.4) is 0 Å². The third kappa shape index (κ3) is 3.74. The van der Waals surface area contributed by atoms with Crippen LogP contribution in [-0.4, -0.2) is 35.3 Å². The van der Waals surface area contributed by atoms with Crippen LogP contribution >= 0.6 is 0 Å². The minimum Gasteiger partial charge on any atom is -0.344 e. The predicted molar refractivity (Wildman–Crippen MR) is 81.2 cm³/mol. The number of carbonyl (C=O) groups excluding carboxylic acids is 2. The first-order chi connectivity index (χ1) is 9.46. The van der Waals surface area contributed by atoms with E-state index in [2.05, 4.69) is 33.0 Å². The fourth-order valence-corrected chi connectivity index (χ4v) is 3.07. The normalized spacial score (nSPS) is 23.5. The van der Waals surface area contributed by atoms with Crippen LogP contribution in [-0.2, 0) is 9.59 Å². The van der Waals surface area contributed by atoms with Crippen molar-refractivity contribution in [2.45, 2.75) is 72.4 Å². The molecule has 116 valence electrons. The lowest BCUT2D eigenvalue weighted by Crippen LogP contribution is -2.52. The number of carbonyl (C=O) groups is 2. The molecule has 4 heteroatoms. The molecule has 1 heterocycles. The van der Waals surface area contributed by atoms with Gasteiger partial charge < -0.3 is 10.2 Å².